The lowest BCUT2D eigenvalue weighted by molar-refractivity contribution is -0.141. The van der Waals surface area contributed by atoms with Gasteiger partial charge in [-0.05, 0) is 30.5 Å². The van der Waals surface area contributed by atoms with E-state index in [0.717, 1.165) is 5.56 Å². The van der Waals surface area contributed by atoms with Crippen molar-refractivity contribution in [2.45, 2.75) is 30.2 Å². The first kappa shape index (κ1) is 19.7. The van der Waals surface area contributed by atoms with Crippen molar-refractivity contribution in [2.75, 3.05) is 5.75 Å². The number of hydrogen-bond acceptors (Lipinski definition) is 4. The van der Waals surface area contributed by atoms with Gasteiger partial charge in [0.1, 0.15) is 6.04 Å². The van der Waals surface area contributed by atoms with E-state index in [9.17, 15) is 23.1 Å². The summed E-state index contributed by atoms with van der Waals surface area (Å²) in [6.45, 7) is 0. The number of aliphatic carboxylic acids is 1. The summed E-state index contributed by atoms with van der Waals surface area (Å²) in [6.07, 6.45) is 0.435. The average Bonchev–Trinajstić information content (AvgIpc) is 2.65. The number of amides is 1. The number of rotatable bonds is 9. The largest absolute Gasteiger partial charge is 0.480 e. The van der Waals surface area contributed by atoms with Crippen LogP contribution in [0.25, 0.3) is 0 Å². The maximum atomic E-state index is 12.3. The summed E-state index contributed by atoms with van der Waals surface area (Å²) in [5.41, 5.74) is 0.973. The Balaban J connectivity index is 1.90. The molecule has 0 saturated heterocycles. The number of carbonyl (C=O) groups is 2. The topological polar surface area (TPSA) is 101 Å². The molecule has 1 atom stereocenters. The van der Waals surface area contributed by atoms with Crippen molar-refractivity contribution < 1.29 is 23.1 Å². The zero-order valence-electron chi connectivity index (χ0n) is 14.2. The molecule has 7 heteroatoms. The van der Waals surface area contributed by atoms with E-state index in [4.69, 9.17) is 0 Å². The molecule has 2 rings (SSSR count). The lowest BCUT2D eigenvalue weighted by Gasteiger charge is -2.14. The Labute approximate surface area is 152 Å². The molecule has 0 spiro atoms. The predicted octanol–water partition coefficient (Wildman–Crippen LogP) is 2.05. The molecule has 1 amide bonds. The van der Waals surface area contributed by atoms with Gasteiger partial charge in [-0.25, -0.2) is 13.2 Å². The average molecular weight is 375 g/mol. The number of hydrogen-bond donors (Lipinski definition) is 2. The standard InChI is InChI=1S/C19H21NO5S/c21-18(12-11-15-7-3-1-4-8-15)20-17(19(22)23)13-14-26(24,25)16-9-5-2-6-10-16/h1-10,17H,11-14H2,(H,20,21)(H,22,23)/t17-/m1/s1. The molecular weight excluding hydrogens is 354 g/mol. The second-order valence-corrected chi connectivity index (χ2v) is 7.97. The molecule has 0 aromatic heterocycles. The highest BCUT2D eigenvalue weighted by Crippen LogP contribution is 2.12. The van der Waals surface area contributed by atoms with Crippen molar-refractivity contribution in [3.05, 3.63) is 66.2 Å². The van der Waals surface area contributed by atoms with Crippen LogP contribution in [0.2, 0.25) is 0 Å². The molecule has 0 unspecified atom stereocenters. The van der Waals surface area contributed by atoms with Gasteiger partial charge >= 0.3 is 5.97 Å². The highest BCUT2D eigenvalue weighted by molar-refractivity contribution is 7.91. The smallest absolute Gasteiger partial charge is 0.326 e. The first-order valence-corrected chi connectivity index (χ1v) is 9.87. The third-order valence-electron chi connectivity index (χ3n) is 3.89. The molecule has 0 aliphatic carbocycles. The third-order valence-corrected chi connectivity index (χ3v) is 5.66. The number of aryl methyl sites for hydroxylation is 1. The molecule has 0 saturated carbocycles. The van der Waals surface area contributed by atoms with Crippen LogP contribution in [0.5, 0.6) is 0 Å². The Bertz CT molecular complexity index is 835. The third kappa shape index (κ3) is 6.00. The fraction of sp³-hybridized carbons (Fsp3) is 0.263. The Kier molecular flexibility index (Phi) is 6.91. The van der Waals surface area contributed by atoms with Gasteiger partial charge in [0, 0.05) is 6.42 Å². The van der Waals surface area contributed by atoms with Gasteiger partial charge < -0.3 is 10.4 Å². The van der Waals surface area contributed by atoms with Crippen LogP contribution in [-0.2, 0) is 25.8 Å². The molecule has 26 heavy (non-hydrogen) atoms. The van der Waals surface area contributed by atoms with Gasteiger partial charge in [-0.1, -0.05) is 48.5 Å². The second-order valence-electron chi connectivity index (χ2n) is 5.86. The van der Waals surface area contributed by atoms with Crippen molar-refractivity contribution in [3.8, 4) is 0 Å². The van der Waals surface area contributed by atoms with Crippen molar-refractivity contribution in [1.29, 1.82) is 0 Å². The van der Waals surface area contributed by atoms with Gasteiger partial charge in [-0.3, -0.25) is 4.79 Å². The van der Waals surface area contributed by atoms with E-state index in [1.807, 2.05) is 30.3 Å². The summed E-state index contributed by atoms with van der Waals surface area (Å²) in [5, 5.41) is 11.7. The molecule has 6 nitrogen and oxygen atoms in total. The van der Waals surface area contributed by atoms with E-state index in [1.165, 1.54) is 12.1 Å². The van der Waals surface area contributed by atoms with Gasteiger partial charge in [0.15, 0.2) is 9.84 Å². The van der Waals surface area contributed by atoms with E-state index in [2.05, 4.69) is 5.32 Å². The Morgan fingerprint density at radius 1 is 0.962 bits per heavy atom. The minimum absolute atomic E-state index is 0.138. The van der Waals surface area contributed by atoms with Gasteiger partial charge in [-0.2, -0.15) is 0 Å². The lowest BCUT2D eigenvalue weighted by Crippen LogP contribution is -2.42. The van der Waals surface area contributed by atoms with Crippen LogP contribution in [-0.4, -0.2) is 37.2 Å². The maximum absolute atomic E-state index is 12.3. The summed E-state index contributed by atoms with van der Waals surface area (Å²) >= 11 is 0. The van der Waals surface area contributed by atoms with E-state index in [1.54, 1.807) is 18.2 Å². The zero-order valence-corrected chi connectivity index (χ0v) is 15.0. The minimum atomic E-state index is -3.59. The molecule has 0 aliphatic rings. The van der Waals surface area contributed by atoms with Crippen molar-refractivity contribution in [3.63, 3.8) is 0 Å². The Hall–Kier alpha value is -2.67. The molecule has 0 fully saturated rings. The van der Waals surface area contributed by atoms with Gasteiger partial charge in [-0.15, -0.1) is 0 Å². The summed E-state index contributed by atoms with van der Waals surface area (Å²) < 4.78 is 24.5. The number of carbonyl (C=O) groups excluding carboxylic acids is 1. The zero-order chi connectivity index (χ0) is 19.0. The Morgan fingerprint density at radius 2 is 1.54 bits per heavy atom. The predicted molar refractivity (Wildman–Crippen MR) is 97.4 cm³/mol. The summed E-state index contributed by atoms with van der Waals surface area (Å²) in [5.74, 6) is -2.02. The van der Waals surface area contributed by atoms with E-state index in [0.29, 0.717) is 6.42 Å². The molecular formula is C19H21NO5S. The molecule has 138 valence electrons. The Morgan fingerprint density at radius 3 is 2.12 bits per heavy atom. The number of carboxylic acids is 1. The molecule has 0 heterocycles. The van der Waals surface area contributed by atoms with E-state index in [-0.39, 0.29) is 23.5 Å². The summed E-state index contributed by atoms with van der Waals surface area (Å²) in [4.78, 5) is 23.5. The summed E-state index contributed by atoms with van der Waals surface area (Å²) in [7, 11) is -3.59. The molecule has 2 aromatic carbocycles. The second kappa shape index (κ2) is 9.15. The van der Waals surface area contributed by atoms with Crippen molar-refractivity contribution in [1.82, 2.24) is 5.32 Å². The fourth-order valence-electron chi connectivity index (χ4n) is 2.45. The molecule has 0 radical (unpaired) electrons. The van der Waals surface area contributed by atoms with Crippen LogP contribution in [0.4, 0.5) is 0 Å². The molecule has 2 aromatic rings. The van der Waals surface area contributed by atoms with Crippen LogP contribution in [0.3, 0.4) is 0 Å². The molecule has 0 aliphatic heterocycles. The van der Waals surface area contributed by atoms with Crippen molar-refractivity contribution >= 4 is 21.7 Å². The quantitative estimate of drug-likeness (QED) is 0.699. The highest BCUT2D eigenvalue weighted by Gasteiger charge is 2.23. The molecule has 0 bridgehead atoms. The van der Waals surface area contributed by atoms with Crippen LogP contribution < -0.4 is 5.32 Å². The van der Waals surface area contributed by atoms with Gasteiger partial charge in [0.2, 0.25) is 5.91 Å². The fourth-order valence-corrected chi connectivity index (χ4v) is 3.80. The van der Waals surface area contributed by atoms with Crippen LogP contribution >= 0.6 is 0 Å². The SMILES string of the molecule is O=C(CCc1ccccc1)N[C@H](CCS(=O)(=O)c1ccccc1)C(=O)O. The van der Waals surface area contributed by atoms with Crippen LogP contribution in [0.15, 0.2) is 65.6 Å². The van der Waals surface area contributed by atoms with Gasteiger partial charge in [0.25, 0.3) is 0 Å². The minimum Gasteiger partial charge on any atom is -0.480 e. The highest BCUT2D eigenvalue weighted by atomic mass is 32.2. The van der Waals surface area contributed by atoms with E-state index >= 15 is 0 Å². The lowest BCUT2D eigenvalue weighted by atomic mass is 10.1. The number of benzene rings is 2. The van der Waals surface area contributed by atoms with E-state index < -0.39 is 27.8 Å². The first-order chi connectivity index (χ1) is 12.4. The number of nitrogens with one attached hydrogen (secondary N) is 1. The van der Waals surface area contributed by atoms with Gasteiger partial charge in [0.05, 0.1) is 10.6 Å². The molecule has 2 N–H and O–H groups in total. The first-order valence-electron chi connectivity index (χ1n) is 8.22. The maximum Gasteiger partial charge on any atom is 0.326 e. The van der Waals surface area contributed by atoms with Crippen molar-refractivity contribution in [2.24, 2.45) is 0 Å². The number of sulfone groups is 1. The summed E-state index contributed by atoms with van der Waals surface area (Å²) in [6, 6.07) is 16.0. The normalized spacial score (nSPS) is 12.3. The monoisotopic (exact) mass is 375 g/mol. The number of carboxylic acid groups (broad SMARTS) is 1. The van der Waals surface area contributed by atoms with Crippen LogP contribution in [0.1, 0.15) is 18.4 Å². The van der Waals surface area contributed by atoms with Crippen LogP contribution in [0, 0.1) is 0 Å².